The number of ether oxygens (including phenoxy) is 1. The molecule has 0 spiro atoms. The van der Waals surface area contributed by atoms with Crippen LogP contribution in [0.25, 0.3) is 17.0 Å². The zero-order valence-corrected chi connectivity index (χ0v) is 20.2. The van der Waals surface area contributed by atoms with E-state index in [0.717, 1.165) is 27.6 Å². The van der Waals surface area contributed by atoms with Crippen molar-refractivity contribution in [2.45, 2.75) is 13.1 Å². The van der Waals surface area contributed by atoms with Crippen LogP contribution < -0.4 is 5.32 Å². The molecule has 1 N–H and O–H groups in total. The SMILES string of the molecule is COC(=O)c1cccc(Cn2cc(/C=C3\NC(=O)N(Cc4ccc(Cl)cc4)C3=O)c3ccccc32)c1. The van der Waals surface area contributed by atoms with Gasteiger partial charge in [-0.25, -0.2) is 9.59 Å². The molecule has 0 bridgehead atoms. The number of halogens is 1. The molecule has 3 aromatic carbocycles. The zero-order valence-electron chi connectivity index (χ0n) is 19.4. The monoisotopic (exact) mass is 499 g/mol. The molecule has 1 aromatic heterocycles. The van der Waals surface area contributed by atoms with Crippen molar-refractivity contribution >= 4 is 46.5 Å². The number of aromatic nitrogens is 1. The number of carbonyl (C=O) groups is 3. The Morgan fingerprint density at radius 1 is 0.972 bits per heavy atom. The molecule has 4 aromatic rings. The Bertz CT molecular complexity index is 1520. The number of urea groups is 1. The van der Waals surface area contributed by atoms with Crippen molar-refractivity contribution in [2.75, 3.05) is 7.11 Å². The Hall–Kier alpha value is -4.36. The van der Waals surface area contributed by atoms with Crippen LogP contribution in [-0.4, -0.2) is 34.5 Å². The fraction of sp³-hybridized carbons (Fsp3) is 0.107. The number of benzene rings is 3. The summed E-state index contributed by atoms with van der Waals surface area (Å²) in [6, 6.07) is 21.6. The first kappa shape index (κ1) is 23.4. The van der Waals surface area contributed by atoms with Gasteiger partial charge in [-0.15, -0.1) is 0 Å². The zero-order chi connectivity index (χ0) is 25.2. The second kappa shape index (κ2) is 9.71. The van der Waals surface area contributed by atoms with Gasteiger partial charge in [0, 0.05) is 34.2 Å². The Balaban J connectivity index is 1.44. The van der Waals surface area contributed by atoms with E-state index >= 15 is 0 Å². The number of nitrogens with zero attached hydrogens (tertiary/aromatic N) is 2. The lowest BCUT2D eigenvalue weighted by Crippen LogP contribution is -2.30. The predicted molar refractivity (Wildman–Crippen MR) is 137 cm³/mol. The van der Waals surface area contributed by atoms with Crippen LogP contribution in [0.1, 0.15) is 27.0 Å². The van der Waals surface area contributed by atoms with Crippen molar-refractivity contribution in [3.8, 4) is 0 Å². The molecule has 36 heavy (non-hydrogen) atoms. The maximum atomic E-state index is 13.1. The van der Waals surface area contributed by atoms with Crippen LogP contribution in [-0.2, 0) is 22.6 Å². The highest BCUT2D eigenvalue weighted by atomic mass is 35.5. The van der Waals surface area contributed by atoms with E-state index in [4.69, 9.17) is 16.3 Å². The van der Waals surface area contributed by atoms with Crippen molar-refractivity contribution in [1.82, 2.24) is 14.8 Å². The summed E-state index contributed by atoms with van der Waals surface area (Å²) in [6.07, 6.45) is 3.63. The third-order valence-corrected chi connectivity index (χ3v) is 6.29. The van der Waals surface area contributed by atoms with Crippen LogP contribution in [0.5, 0.6) is 0 Å². The highest BCUT2D eigenvalue weighted by Gasteiger charge is 2.33. The van der Waals surface area contributed by atoms with Crippen molar-refractivity contribution in [2.24, 2.45) is 0 Å². The smallest absolute Gasteiger partial charge is 0.337 e. The molecular weight excluding hydrogens is 478 g/mol. The van der Waals surface area contributed by atoms with Gasteiger partial charge in [0.2, 0.25) is 0 Å². The van der Waals surface area contributed by atoms with Crippen LogP contribution in [0.2, 0.25) is 5.02 Å². The molecular formula is C28H22ClN3O4. The molecule has 2 heterocycles. The van der Waals surface area contributed by atoms with E-state index < -0.39 is 17.9 Å². The average molecular weight is 500 g/mol. The topological polar surface area (TPSA) is 80.6 Å². The van der Waals surface area contributed by atoms with Gasteiger partial charge in [0.15, 0.2) is 0 Å². The lowest BCUT2D eigenvalue weighted by molar-refractivity contribution is -0.123. The van der Waals surface area contributed by atoms with E-state index in [0.29, 0.717) is 17.1 Å². The van der Waals surface area contributed by atoms with Crippen LogP contribution in [0, 0.1) is 0 Å². The number of methoxy groups -OCH3 is 1. The Morgan fingerprint density at radius 2 is 1.75 bits per heavy atom. The number of hydrogen-bond donors (Lipinski definition) is 1. The highest BCUT2D eigenvalue weighted by molar-refractivity contribution is 6.30. The van der Waals surface area contributed by atoms with Crippen LogP contribution in [0.3, 0.4) is 0 Å². The number of imide groups is 1. The summed E-state index contributed by atoms with van der Waals surface area (Å²) in [7, 11) is 1.36. The molecule has 7 nitrogen and oxygen atoms in total. The Labute approximate surface area is 212 Å². The molecule has 3 amide bonds. The second-order valence-electron chi connectivity index (χ2n) is 8.43. The van der Waals surface area contributed by atoms with Gasteiger partial charge in [0.05, 0.1) is 19.2 Å². The molecule has 180 valence electrons. The number of carbonyl (C=O) groups excluding carboxylic acids is 3. The van der Waals surface area contributed by atoms with E-state index in [2.05, 4.69) is 5.32 Å². The number of rotatable bonds is 6. The molecule has 1 aliphatic heterocycles. The van der Waals surface area contributed by atoms with E-state index in [9.17, 15) is 14.4 Å². The molecule has 1 fully saturated rings. The number of nitrogens with one attached hydrogen (secondary N) is 1. The van der Waals surface area contributed by atoms with Crippen LogP contribution in [0.15, 0.2) is 84.7 Å². The van der Waals surface area contributed by atoms with Gasteiger partial charge >= 0.3 is 12.0 Å². The normalized spacial score (nSPS) is 14.5. The number of fused-ring (bicyclic) bond motifs is 1. The molecule has 8 heteroatoms. The molecule has 0 atom stereocenters. The first-order valence-electron chi connectivity index (χ1n) is 11.3. The lowest BCUT2D eigenvalue weighted by atomic mass is 10.1. The van der Waals surface area contributed by atoms with E-state index in [-0.39, 0.29) is 12.2 Å². The van der Waals surface area contributed by atoms with Crippen molar-refractivity contribution < 1.29 is 19.1 Å². The Morgan fingerprint density at radius 3 is 2.53 bits per heavy atom. The Kier molecular flexibility index (Phi) is 6.31. The first-order chi connectivity index (χ1) is 17.4. The van der Waals surface area contributed by atoms with Crippen molar-refractivity contribution in [1.29, 1.82) is 0 Å². The third kappa shape index (κ3) is 4.61. The molecule has 0 unspecified atom stereocenters. The summed E-state index contributed by atoms with van der Waals surface area (Å²) >= 11 is 5.94. The molecule has 1 saturated heterocycles. The van der Waals surface area contributed by atoms with Gasteiger partial charge in [-0.2, -0.15) is 0 Å². The minimum absolute atomic E-state index is 0.150. The summed E-state index contributed by atoms with van der Waals surface area (Å²) in [5.74, 6) is -0.782. The van der Waals surface area contributed by atoms with Gasteiger partial charge in [-0.05, 0) is 47.5 Å². The first-order valence-corrected chi connectivity index (χ1v) is 11.6. The van der Waals surface area contributed by atoms with Gasteiger partial charge < -0.3 is 14.6 Å². The second-order valence-corrected chi connectivity index (χ2v) is 8.86. The largest absolute Gasteiger partial charge is 0.465 e. The summed E-state index contributed by atoms with van der Waals surface area (Å²) in [5, 5.41) is 4.22. The van der Waals surface area contributed by atoms with Gasteiger partial charge in [-0.3, -0.25) is 9.69 Å². The number of esters is 1. The molecule has 0 radical (unpaired) electrons. The van der Waals surface area contributed by atoms with Crippen LogP contribution >= 0.6 is 11.6 Å². The molecule has 5 rings (SSSR count). The standard InChI is InChI=1S/C28H22ClN3O4/c1-36-27(34)20-6-4-5-19(13-20)15-31-17-21(23-7-2-3-8-25(23)31)14-24-26(33)32(28(35)30-24)16-18-9-11-22(29)12-10-18/h2-14,17H,15-16H2,1H3,(H,30,35)/b24-14-. The maximum absolute atomic E-state index is 13.1. The highest BCUT2D eigenvalue weighted by Crippen LogP contribution is 2.26. The summed E-state index contributed by atoms with van der Waals surface area (Å²) in [5.41, 5.74) is 4.18. The summed E-state index contributed by atoms with van der Waals surface area (Å²) in [6.45, 7) is 0.662. The fourth-order valence-corrected chi connectivity index (χ4v) is 4.40. The van der Waals surface area contributed by atoms with E-state index in [1.807, 2.05) is 47.2 Å². The number of amides is 3. The summed E-state index contributed by atoms with van der Waals surface area (Å²) in [4.78, 5) is 38.7. The number of para-hydroxylation sites is 1. The van der Waals surface area contributed by atoms with E-state index in [1.165, 1.54) is 12.0 Å². The van der Waals surface area contributed by atoms with Crippen molar-refractivity contribution in [3.05, 3.63) is 112 Å². The minimum atomic E-state index is -0.468. The van der Waals surface area contributed by atoms with Gasteiger partial charge in [0.25, 0.3) is 5.91 Å². The third-order valence-electron chi connectivity index (χ3n) is 6.04. The average Bonchev–Trinajstić information content (AvgIpc) is 3.36. The maximum Gasteiger partial charge on any atom is 0.337 e. The van der Waals surface area contributed by atoms with Crippen LogP contribution in [0.4, 0.5) is 4.79 Å². The predicted octanol–water partition coefficient (Wildman–Crippen LogP) is 5.22. The summed E-state index contributed by atoms with van der Waals surface area (Å²) < 4.78 is 6.88. The quantitative estimate of drug-likeness (QED) is 0.224. The molecule has 0 saturated carbocycles. The van der Waals surface area contributed by atoms with Crippen molar-refractivity contribution in [3.63, 3.8) is 0 Å². The molecule has 0 aliphatic carbocycles. The van der Waals surface area contributed by atoms with E-state index in [1.54, 1.807) is 42.5 Å². The molecule has 1 aliphatic rings. The fourth-order valence-electron chi connectivity index (χ4n) is 4.28. The minimum Gasteiger partial charge on any atom is -0.465 e. The lowest BCUT2D eigenvalue weighted by Gasteiger charge is -2.11. The number of hydrogen-bond acceptors (Lipinski definition) is 4. The van der Waals surface area contributed by atoms with Gasteiger partial charge in [0.1, 0.15) is 5.70 Å². The van der Waals surface area contributed by atoms with Gasteiger partial charge in [-0.1, -0.05) is 54.1 Å².